The molecule has 170 valence electrons. The van der Waals surface area contributed by atoms with Crippen molar-refractivity contribution < 1.29 is 22.0 Å². The zero-order valence-electron chi connectivity index (χ0n) is 17.9. The number of furan rings is 1. The van der Waals surface area contributed by atoms with Crippen LogP contribution in [0.5, 0.6) is 0 Å². The molecule has 33 heavy (non-hydrogen) atoms. The zero-order valence-corrected chi connectivity index (χ0v) is 18.8. The van der Waals surface area contributed by atoms with E-state index in [4.69, 9.17) is 4.42 Å². The van der Waals surface area contributed by atoms with Crippen LogP contribution in [0, 0.1) is 5.82 Å². The summed E-state index contributed by atoms with van der Waals surface area (Å²) >= 11 is 0. The van der Waals surface area contributed by atoms with Gasteiger partial charge in [-0.1, -0.05) is 48.5 Å². The van der Waals surface area contributed by atoms with E-state index in [0.717, 1.165) is 26.7 Å². The summed E-state index contributed by atoms with van der Waals surface area (Å²) in [6.45, 7) is 1.13. The highest BCUT2D eigenvalue weighted by Gasteiger charge is 2.30. The summed E-state index contributed by atoms with van der Waals surface area (Å²) in [5, 5.41) is 4.96. The Hall–Kier alpha value is -3.49. The number of carbonyl (C=O) groups excluding carboxylic acids is 1. The van der Waals surface area contributed by atoms with Crippen molar-refractivity contribution in [2.24, 2.45) is 0 Å². The van der Waals surface area contributed by atoms with Gasteiger partial charge in [-0.3, -0.25) is 4.79 Å². The number of benzene rings is 3. The maximum atomic E-state index is 14.3. The lowest BCUT2D eigenvalue weighted by molar-refractivity contribution is -0.122. The number of halogens is 1. The second-order valence-electron chi connectivity index (χ2n) is 7.68. The molecular weight excluding hydrogens is 443 g/mol. The normalized spacial score (nSPS) is 12.7. The van der Waals surface area contributed by atoms with Gasteiger partial charge in [0.15, 0.2) is 0 Å². The molecule has 6 nitrogen and oxygen atoms in total. The van der Waals surface area contributed by atoms with E-state index in [0.29, 0.717) is 5.76 Å². The van der Waals surface area contributed by atoms with Crippen LogP contribution < -0.4 is 5.32 Å². The first kappa shape index (κ1) is 22.7. The highest BCUT2D eigenvalue weighted by molar-refractivity contribution is 7.89. The van der Waals surface area contributed by atoms with Crippen molar-refractivity contribution in [1.82, 2.24) is 9.62 Å². The van der Waals surface area contributed by atoms with Crippen LogP contribution in [0.4, 0.5) is 4.39 Å². The van der Waals surface area contributed by atoms with Crippen LogP contribution in [-0.2, 0) is 21.4 Å². The molecule has 0 radical (unpaired) electrons. The summed E-state index contributed by atoms with van der Waals surface area (Å²) in [7, 11) is -4.29. The number of nitrogens with one attached hydrogen (secondary N) is 1. The van der Waals surface area contributed by atoms with Crippen molar-refractivity contribution in [3.05, 3.63) is 102 Å². The maximum absolute atomic E-state index is 14.3. The van der Waals surface area contributed by atoms with Gasteiger partial charge in [0, 0.05) is 0 Å². The number of rotatable bonds is 8. The number of sulfonamides is 1. The topological polar surface area (TPSA) is 79.6 Å². The molecule has 0 unspecified atom stereocenters. The molecule has 1 N–H and O–H groups in total. The Morgan fingerprint density at radius 3 is 2.45 bits per heavy atom. The molecule has 4 aromatic rings. The van der Waals surface area contributed by atoms with E-state index in [1.165, 1.54) is 24.5 Å². The van der Waals surface area contributed by atoms with Crippen molar-refractivity contribution in [2.75, 3.05) is 6.54 Å². The third-order valence-electron chi connectivity index (χ3n) is 5.34. The van der Waals surface area contributed by atoms with Gasteiger partial charge in [0.1, 0.15) is 16.5 Å². The third kappa shape index (κ3) is 5.13. The second kappa shape index (κ2) is 9.56. The minimum atomic E-state index is -4.29. The van der Waals surface area contributed by atoms with E-state index in [9.17, 15) is 17.6 Å². The van der Waals surface area contributed by atoms with Gasteiger partial charge < -0.3 is 9.73 Å². The lowest BCUT2D eigenvalue weighted by Crippen LogP contribution is -2.41. The molecule has 4 rings (SSSR count). The second-order valence-corrected chi connectivity index (χ2v) is 9.59. The van der Waals surface area contributed by atoms with Gasteiger partial charge in [0.2, 0.25) is 15.9 Å². The fourth-order valence-electron chi connectivity index (χ4n) is 3.60. The van der Waals surface area contributed by atoms with Gasteiger partial charge in [-0.2, -0.15) is 4.31 Å². The molecule has 0 fully saturated rings. The fraction of sp³-hybridized carbons (Fsp3) is 0.160. The summed E-state index contributed by atoms with van der Waals surface area (Å²) in [6.07, 6.45) is 1.41. The standard InChI is InChI=1S/C25H23FN2O4S/c1-18(20-13-12-19-7-2-3-8-21(19)15-20)27-25(29)17-28(16-22-9-6-14-32-22)33(30,31)24-11-5-4-10-23(24)26/h2-15,18H,16-17H2,1H3,(H,27,29)/t18-/m1/s1. The highest BCUT2D eigenvalue weighted by atomic mass is 32.2. The number of carbonyl (C=O) groups is 1. The number of hydrogen-bond donors (Lipinski definition) is 1. The molecular formula is C25H23FN2O4S. The molecule has 1 aromatic heterocycles. The van der Waals surface area contributed by atoms with Crippen LogP contribution in [-0.4, -0.2) is 25.2 Å². The van der Waals surface area contributed by atoms with E-state index in [-0.39, 0.29) is 12.6 Å². The first-order chi connectivity index (χ1) is 15.8. The first-order valence-corrected chi connectivity index (χ1v) is 11.8. The Labute approximate surface area is 191 Å². The number of amides is 1. The van der Waals surface area contributed by atoms with Gasteiger partial charge in [-0.05, 0) is 53.6 Å². The smallest absolute Gasteiger partial charge is 0.246 e. The molecule has 3 aromatic carbocycles. The molecule has 0 spiro atoms. The van der Waals surface area contributed by atoms with Crippen molar-refractivity contribution in [3.8, 4) is 0 Å². The van der Waals surface area contributed by atoms with Gasteiger partial charge in [0.05, 0.1) is 25.4 Å². The van der Waals surface area contributed by atoms with Crippen LogP contribution >= 0.6 is 0 Å². The monoisotopic (exact) mass is 466 g/mol. The summed E-state index contributed by atoms with van der Waals surface area (Å²) in [4.78, 5) is 12.4. The number of fused-ring (bicyclic) bond motifs is 1. The Balaban J connectivity index is 1.55. The van der Waals surface area contributed by atoms with Crippen LogP contribution in [0.25, 0.3) is 10.8 Å². The van der Waals surface area contributed by atoms with E-state index in [1.807, 2.05) is 49.4 Å². The molecule has 1 heterocycles. The lowest BCUT2D eigenvalue weighted by Gasteiger charge is -2.22. The Morgan fingerprint density at radius 1 is 1.00 bits per heavy atom. The van der Waals surface area contributed by atoms with Crippen molar-refractivity contribution in [2.45, 2.75) is 24.4 Å². The van der Waals surface area contributed by atoms with Gasteiger partial charge in [0.25, 0.3) is 0 Å². The summed E-state index contributed by atoms with van der Waals surface area (Å²) < 4.78 is 46.8. The summed E-state index contributed by atoms with van der Waals surface area (Å²) in [6, 6.07) is 21.7. The minimum Gasteiger partial charge on any atom is -0.468 e. The molecule has 8 heteroatoms. The number of hydrogen-bond acceptors (Lipinski definition) is 4. The highest BCUT2D eigenvalue weighted by Crippen LogP contribution is 2.23. The lowest BCUT2D eigenvalue weighted by atomic mass is 10.0. The fourth-order valence-corrected chi connectivity index (χ4v) is 5.03. The quantitative estimate of drug-likeness (QED) is 0.410. The first-order valence-electron chi connectivity index (χ1n) is 10.4. The predicted octanol–water partition coefficient (Wildman–Crippen LogP) is 4.64. The van der Waals surface area contributed by atoms with Crippen LogP contribution in [0.3, 0.4) is 0 Å². The third-order valence-corrected chi connectivity index (χ3v) is 7.16. The van der Waals surface area contributed by atoms with Crippen LogP contribution in [0.1, 0.15) is 24.3 Å². The maximum Gasteiger partial charge on any atom is 0.246 e. The van der Waals surface area contributed by atoms with Crippen LogP contribution in [0.2, 0.25) is 0 Å². The predicted molar refractivity (Wildman–Crippen MR) is 123 cm³/mol. The largest absolute Gasteiger partial charge is 0.468 e. The molecule has 0 bridgehead atoms. The van der Waals surface area contributed by atoms with Gasteiger partial charge in [-0.25, -0.2) is 12.8 Å². The van der Waals surface area contributed by atoms with Crippen LogP contribution in [0.15, 0.2) is 94.4 Å². The Kier molecular flexibility index (Phi) is 6.57. The summed E-state index contributed by atoms with van der Waals surface area (Å²) in [5.74, 6) is -1.06. The van der Waals surface area contributed by atoms with Gasteiger partial charge in [-0.15, -0.1) is 0 Å². The SMILES string of the molecule is C[C@@H](NC(=O)CN(Cc1ccco1)S(=O)(=O)c1ccccc1F)c1ccc2ccccc2c1. The molecule has 1 amide bonds. The van der Waals surface area contributed by atoms with Crippen molar-refractivity contribution >= 4 is 26.7 Å². The molecule has 0 saturated heterocycles. The van der Waals surface area contributed by atoms with Crippen molar-refractivity contribution in [1.29, 1.82) is 0 Å². The average molecular weight is 467 g/mol. The summed E-state index contributed by atoms with van der Waals surface area (Å²) in [5.41, 5.74) is 0.886. The number of nitrogens with zero attached hydrogens (tertiary/aromatic N) is 1. The van der Waals surface area contributed by atoms with Gasteiger partial charge >= 0.3 is 0 Å². The Morgan fingerprint density at radius 2 is 1.73 bits per heavy atom. The van der Waals surface area contributed by atoms with E-state index >= 15 is 0 Å². The molecule has 0 saturated carbocycles. The van der Waals surface area contributed by atoms with E-state index in [2.05, 4.69) is 5.32 Å². The molecule has 0 aliphatic rings. The molecule has 0 aliphatic carbocycles. The Bertz CT molecular complexity index is 1370. The minimum absolute atomic E-state index is 0.207. The molecule has 0 aliphatic heterocycles. The van der Waals surface area contributed by atoms with E-state index < -0.39 is 33.2 Å². The molecule has 1 atom stereocenters. The van der Waals surface area contributed by atoms with Crippen molar-refractivity contribution in [3.63, 3.8) is 0 Å². The average Bonchev–Trinajstić information content (AvgIpc) is 3.31. The van der Waals surface area contributed by atoms with E-state index in [1.54, 1.807) is 12.1 Å². The zero-order chi connectivity index (χ0) is 23.4.